The van der Waals surface area contributed by atoms with Gasteiger partial charge in [0, 0.05) is 30.4 Å². The number of likely N-dealkylation sites (tertiary alicyclic amines) is 1. The molecule has 0 radical (unpaired) electrons. The summed E-state index contributed by atoms with van der Waals surface area (Å²) in [5, 5.41) is 14.0. The van der Waals surface area contributed by atoms with Gasteiger partial charge in [-0.25, -0.2) is 0 Å². The van der Waals surface area contributed by atoms with Crippen LogP contribution < -0.4 is 0 Å². The van der Waals surface area contributed by atoms with Crippen LogP contribution in [-0.4, -0.2) is 44.9 Å². The molecule has 1 aliphatic heterocycles. The van der Waals surface area contributed by atoms with Crippen molar-refractivity contribution in [3.63, 3.8) is 0 Å². The fourth-order valence-electron chi connectivity index (χ4n) is 3.26. The van der Waals surface area contributed by atoms with Crippen LogP contribution in [0.25, 0.3) is 0 Å². The van der Waals surface area contributed by atoms with Gasteiger partial charge < -0.3 is 10.0 Å². The molecule has 6 heteroatoms. The van der Waals surface area contributed by atoms with Crippen molar-refractivity contribution < 1.29 is 9.90 Å². The number of halogens is 1. The Kier molecular flexibility index (Phi) is 5.53. The summed E-state index contributed by atoms with van der Waals surface area (Å²) in [4.78, 5) is 14.7. The highest BCUT2D eigenvalue weighted by atomic mass is 35.5. The highest BCUT2D eigenvalue weighted by Crippen LogP contribution is 2.23. The Bertz CT molecular complexity index is 701. The van der Waals surface area contributed by atoms with E-state index in [9.17, 15) is 4.79 Å². The zero-order valence-electron chi connectivity index (χ0n) is 13.6. The van der Waals surface area contributed by atoms with Crippen LogP contribution in [0.4, 0.5) is 0 Å². The number of benzene rings is 1. The van der Waals surface area contributed by atoms with Gasteiger partial charge in [-0.1, -0.05) is 29.8 Å². The first-order valence-electron chi connectivity index (χ1n) is 8.36. The largest absolute Gasteiger partial charge is 0.396 e. The molecule has 0 aliphatic carbocycles. The van der Waals surface area contributed by atoms with Crippen LogP contribution in [-0.2, 0) is 6.54 Å². The van der Waals surface area contributed by atoms with E-state index in [2.05, 4.69) is 5.10 Å². The molecule has 128 valence electrons. The van der Waals surface area contributed by atoms with Crippen molar-refractivity contribution >= 4 is 17.5 Å². The van der Waals surface area contributed by atoms with E-state index in [1.807, 2.05) is 29.2 Å². The third-order valence-electron chi connectivity index (χ3n) is 4.50. The zero-order chi connectivity index (χ0) is 16.9. The molecule has 5 nitrogen and oxygen atoms in total. The minimum Gasteiger partial charge on any atom is -0.396 e. The van der Waals surface area contributed by atoms with Crippen molar-refractivity contribution in [3.05, 3.63) is 52.8 Å². The average molecular weight is 348 g/mol. The maximum absolute atomic E-state index is 12.7. The highest BCUT2D eigenvalue weighted by molar-refractivity contribution is 6.31. The number of aromatic nitrogens is 2. The van der Waals surface area contributed by atoms with E-state index in [0.717, 1.165) is 37.8 Å². The Balaban J connectivity index is 1.68. The SMILES string of the molecule is O=C(c1cnn(Cc2ccccc2Cl)c1)N1CCCC1CCCO. The van der Waals surface area contributed by atoms with Gasteiger partial charge in [-0.15, -0.1) is 0 Å². The number of amides is 1. The second-order valence-corrected chi connectivity index (χ2v) is 6.59. The fourth-order valence-corrected chi connectivity index (χ4v) is 3.45. The van der Waals surface area contributed by atoms with Crippen molar-refractivity contribution in [2.75, 3.05) is 13.2 Å². The summed E-state index contributed by atoms with van der Waals surface area (Å²) in [7, 11) is 0. The first-order chi connectivity index (χ1) is 11.7. The molecule has 1 fully saturated rings. The number of aliphatic hydroxyl groups is 1. The number of hydrogen-bond acceptors (Lipinski definition) is 3. The van der Waals surface area contributed by atoms with Crippen LogP contribution >= 0.6 is 11.6 Å². The number of nitrogens with zero attached hydrogens (tertiary/aromatic N) is 3. The summed E-state index contributed by atoms with van der Waals surface area (Å²) in [5.41, 5.74) is 1.58. The minimum atomic E-state index is 0.0286. The smallest absolute Gasteiger partial charge is 0.257 e. The Labute approximate surface area is 146 Å². The molecule has 1 saturated heterocycles. The monoisotopic (exact) mass is 347 g/mol. The molecule has 0 spiro atoms. The van der Waals surface area contributed by atoms with Gasteiger partial charge in [-0.3, -0.25) is 9.48 Å². The summed E-state index contributed by atoms with van der Waals surface area (Å²) in [6.07, 6.45) is 7.04. The van der Waals surface area contributed by atoms with Gasteiger partial charge in [-0.05, 0) is 37.3 Å². The van der Waals surface area contributed by atoms with E-state index in [1.54, 1.807) is 17.1 Å². The topological polar surface area (TPSA) is 58.4 Å². The minimum absolute atomic E-state index is 0.0286. The molecule has 1 amide bonds. The molecule has 3 rings (SSSR count). The first-order valence-corrected chi connectivity index (χ1v) is 8.74. The Hall–Kier alpha value is -1.85. The van der Waals surface area contributed by atoms with Crippen molar-refractivity contribution in [2.45, 2.75) is 38.3 Å². The average Bonchev–Trinajstić information content (AvgIpc) is 3.24. The van der Waals surface area contributed by atoms with Crippen molar-refractivity contribution in [2.24, 2.45) is 0 Å². The van der Waals surface area contributed by atoms with E-state index in [0.29, 0.717) is 17.1 Å². The number of hydrogen-bond donors (Lipinski definition) is 1. The predicted octanol–water partition coefficient (Wildman–Crippen LogP) is 2.96. The second-order valence-electron chi connectivity index (χ2n) is 6.18. The van der Waals surface area contributed by atoms with Crippen molar-refractivity contribution in [1.29, 1.82) is 0 Å². The van der Waals surface area contributed by atoms with E-state index in [4.69, 9.17) is 16.7 Å². The lowest BCUT2D eigenvalue weighted by Crippen LogP contribution is -2.35. The molecule has 1 N–H and O–H groups in total. The van der Waals surface area contributed by atoms with Crippen LogP contribution in [0.1, 0.15) is 41.6 Å². The molecule has 1 aromatic heterocycles. The number of carbonyl (C=O) groups excluding carboxylic acids is 1. The molecule has 1 unspecified atom stereocenters. The standard InChI is InChI=1S/C18H22ClN3O2/c19-17-8-2-1-5-14(17)12-21-13-15(11-20-21)18(24)22-9-3-6-16(22)7-4-10-23/h1-2,5,8,11,13,16,23H,3-4,6-7,9-10,12H2. The molecule has 0 saturated carbocycles. The van der Waals surface area contributed by atoms with Gasteiger partial charge in [-0.2, -0.15) is 5.10 Å². The fraction of sp³-hybridized carbons (Fsp3) is 0.444. The molecule has 1 aliphatic rings. The van der Waals surface area contributed by atoms with E-state index in [1.165, 1.54) is 0 Å². The van der Waals surface area contributed by atoms with Gasteiger partial charge in [0.2, 0.25) is 0 Å². The summed E-state index contributed by atoms with van der Waals surface area (Å²) in [5.74, 6) is 0.0286. The number of aliphatic hydroxyl groups excluding tert-OH is 1. The Morgan fingerprint density at radius 2 is 2.21 bits per heavy atom. The van der Waals surface area contributed by atoms with Crippen LogP contribution in [0.15, 0.2) is 36.7 Å². The lowest BCUT2D eigenvalue weighted by molar-refractivity contribution is 0.0724. The maximum Gasteiger partial charge on any atom is 0.257 e. The molecule has 1 atom stereocenters. The molecule has 2 heterocycles. The zero-order valence-corrected chi connectivity index (χ0v) is 14.3. The maximum atomic E-state index is 12.7. The molecule has 24 heavy (non-hydrogen) atoms. The van der Waals surface area contributed by atoms with Crippen molar-refractivity contribution in [1.82, 2.24) is 14.7 Å². The molecule has 2 aromatic rings. The third kappa shape index (κ3) is 3.79. The van der Waals surface area contributed by atoms with E-state index in [-0.39, 0.29) is 18.6 Å². The quantitative estimate of drug-likeness (QED) is 0.874. The Morgan fingerprint density at radius 1 is 1.38 bits per heavy atom. The lowest BCUT2D eigenvalue weighted by Gasteiger charge is -2.24. The van der Waals surface area contributed by atoms with Gasteiger partial charge >= 0.3 is 0 Å². The molecule has 0 bridgehead atoms. The summed E-state index contributed by atoms with van der Waals surface area (Å²) < 4.78 is 1.74. The van der Waals surface area contributed by atoms with Crippen LogP contribution in [0.3, 0.4) is 0 Å². The summed E-state index contributed by atoms with van der Waals surface area (Å²) >= 11 is 6.18. The predicted molar refractivity (Wildman–Crippen MR) is 93.2 cm³/mol. The molecular formula is C18H22ClN3O2. The van der Waals surface area contributed by atoms with Crippen molar-refractivity contribution in [3.8, 4) is 0 Å². The Morgan fingerprint density at radius 3 is 3.00 bits per heavy atom. The normalized spacial score (nSPS) is 17.4. The first kappa shape index (κ1) is 17.0. The van der Waals surface area contributed by atoms with Gasteiger partial charge in [0.05, 0.1) is 18.3 Å². The third-order valence-corrected chi connectivity index (χ3v) is 4.87. The number of rotatable bonds is 6. The van der Waals surface area contributed by atoms with E-state index >= 15 is 0 Å². The highest BCUT2D eigenvalue weighted by Gasteiger charge is 2.29. The molecular weight excluding hydrogens is 326 g/mol. The van der Waals surface area contributed by atoms with E-state index < -0.39 is 0 Å². The van der Waals surface area contributed by atoms with Crippen LogP contribution in [0, 0.1) is 0 Å². The number of carbonyl (C=O) groups is 1. The molecule has 1 aromatic carbocycles. The summed E-state index contributed by atoms with van der Waals surface area (Å²) in [6, 6.07) is 7.87. The van der Waals surface area contributed by atoms with Gasteiger partial charge in [0.15, 0.2) is 0 Å². The van der Waals surface area contributed by atoms with Crippen LogP contribution in [0.2, 0.25) is 5.02 Å². The lowest BCUT2D eigenvalue weighted by atomic mass is 10.1. The van der Waals surface area contributed by atoms with Gasteiger partial charge in [0.25, 0.3) is 5.91 Å². The summed E-state index contributed by atoms with van der Waals surface area (Å²) in [6.45, 7) is 1.50. The van der Waals surface area contributed by atoms with Crippen LogP contribution in [0.5, 0.6) is 0 Å². The van der Waals surface area contributed by atoms with Gasteiger partial charge in [0.1, 0.15) is 0 Å². The second kappa shape index (κ2) is 7.81.